The number of halogens is 3. The molecule has 0 radical (unpaired) electrons. The maximum atomic E-state index is 13.1. The highest BCUT2D eigenvalue weighted by molar-refractivity contribution is 7.90. The summed E-state index contributed by atoms with van der Waals surface area (Å²) in [4.78, 5) is 25.4. The van der Waals surface area contributed by atoms with Crippen molar-refractivity contribution >= 4 is 32.9 Å². The minimum atomic E-state index is -4.41. The van der Waals surface area contributed by atoms with Crippen molar-refractivity contribution in [2.24, 2.45) is 0 Å². The second-order valence-corrected chi connectivity index (χ2v) is 11.2. The van der Waals surface area contributed by atoms with E-state index in [-0.39, 0.29) is 17.3 Å². The van der Waals surface area contributed by atoms with Gasteiger partial charge in [-0.25, -0.2) is 13.4 Å². The first-order chi connectivity index (χ1) is 18.5. The predicted molar refractivity (Wildman–Crippen MR) is 140 cm³/mol. The predicted octanol–water partition coefficient (Wildman–Crippen LogP) is 3.58. The van der Waals surface area contributed by atoms with Crippen LogP contribution in [0.2, 0.25) is 0 Å². The maximum Gasteiger partial charge on any atom is 0.416 e. The van der Waals surface area contributed by atoms with Gasteiger partial charge in [0.2, 0.25) is 5.91 Å². The van der Waals surface area contributed by atoms with Crippen LogP contribution >= 0.6 is 0 Å². The van der Waals surface area contributed by atoms with Gasteiger partial charge >= 0.3 is 6.18 Å². The lowest BCUT2D eigenvalue weighted by Gasteiger charge is -2.36. The Hall–Kier alpha value is -4.13. The first-order valence-electron chi connectivity index (χ1n) is 12.1. The monoisotopic (exact) mass is 558 g/mol. The van der Waals surface area contributed by atoms with Crippen molar-refractivity contribution in [3.63, 3.8) is 0 Å². The number of anilines is 2. The van der Waals surface area contributed by atoms with E-state index in [4.69, 9.17) is 0 Å². The average molecular weight is 559 g/mol. The van der Waals surface area contributed by atoms with Crippen molar-refractivity contribution in [2.75, 3.05) is 49.2 Å². The fourth-order valence-corrected chi connectivity index (χ4v) is 5.13. The normalized spacial score (nSPS) is 14.6. The van der Waals surface area contributed by atoms with E-state index in [1.165, 1.54) is 18.2 Å². The number of imidazole rings is 1. The number of hydrogen-bond donors (Lipinski definition) is 1. The molecule has 3 heterocycles. The quantitative estimate of drug-likeness (QED) is 0.386. The molecule has 2 aromatic carbocycles. The minimum absolute atomic E-state index is 0.0336. The number of aromatic nitrogens is 3. The van der Waals surface area contributed by atoms with Crippen LogP contribution < -0.4 is 10.2 Å². The first kappa shape index (κ1) is 26.5. The van der Waals surface area contributed by atoms with Gasteiger partial charge in [-0.1, -0.05) is 18.2 Å². The smallest absolute Gasteiger partial charge is 0.368 e. The van der Waals surface area contributed by atoms with Crippen molar-refractivity contribution in [2.45, 2.75) is 11.1 Å². The summed E-state index contributed by atoms with van der Waals surface area (Å²) in [6.07, 6.45) is 1.59. The molecular formula is C26H25F3N6O3S. The SMILES string of the molecule is CS(=O)(=O)c1ccc(-c2nc3cnccn3c2NCC(=O)N2CCN(c3cccc(C(F)(F)F)c3)CC2)cc1. The zero-order chi connectivity index (χ0) is 27.8. The Balaban J connectivity index is 1.28. The molecular weight excluding hydrogens is 533 g/mol. The molecule has 0 aliphatic carbocycles. The molecule has 5 rings (SSSR count). The lowest BCUT2D eigenvalue weighted by molar-refractivity contribution is -0.137. The zero-order valence-electron chi connectivity index (χ0n) is 20.9. The second-order valence-electron chi connectivity index (χ2n) is 9.18. The van der Waals surface area contributed by atoms with Crippen LogP contribution in [0, 0.1) is 0 Å². The molecule has 0 saturated carbocycles. The Bertz CT molecular complexity index is 1610. The zero-order valence-corrected chi connectivity index (χ0v) is 21.7. The number of rotatable bonds is 6. The lowest BCUT2D eigenvalue weighted by Crippen LogP contribution is -2.50. The van der Waals surface area contributed by atoms with Crippen LogP contribution in [0.5, 0.6) is 0 Å². The van der Waals surface area contributed by atoms with Gasteiger partial charge < -0.3 is 15.1 Å². The molecule has 1 N–H and O–H groups in total. The van der Waals surface area contributed by atoms with Crippen LogP contribution in [0.25, 0.3) is 16.9 Å². The van der Waals surface area contributed by atoms with E-state index < -0.39 is 21.6 Å². The van der Waals surface area contributed by atoms with Gasteiger partial charge in [0.05, 0.1) is 23.2 Å². The highest BCUT2D eigenvalue weighted by Crippen LogP contribution is 2.32. The van der Waals surface area contributed by atoms with Gasteiger partial charge in [-0.15, -0.1) is 0 Å². The molecule has 0 spiro atoms. The van der Waals surface area contributed by atoms with Gasteiger partial charge in [-0.2, -0.15) is 13.2 Å². The molecule has 1 aliphatic heterocycles. The third-order valence-electron chi connectivity index (χ3n) is 6.56. The molecule has 1 aliphatic rings. The molecule has 9 nitrogen and oxygen atoms in total. The summed E-state index contributed by atoms with van der Waals surface area (Å²) >= 11 is 0. The summed E-state index contributed by atoms with van der Waals surface area (Å²) in [5.41, 5.74) is 1.51. The molecule has 2 aromatic heterocycles. The van der Waals surface area contributed by atoms with Gasteiger partial charge in [0.15, 0.2) is 15.5 Å². The highest BCUT2D eigenvalue weighted by Gasteiger charge is 2.31. The van der Waals surface area contributed by atoms with Crippen molar-refractivity contribution in [1.29, 1.82) is 0 Å². The van der Waals surface area contributed by atoms with Crippen LogP contribution in [-0.2, 0) is 20.8 Å². The number of nitrogens with one attached hydrogen (secondary N) is 1. The van der Waals surface area contributed by atoms with Crippen LogP contribution in [0.4, 0.5) is 24.7 Å². The van der Waals surface area contributed by atoms with E-state index in [1.807, 2.05) is 4.90 Å². The summed E-state index contributed by atoms with van der Waals surface area (Å²) in [5.74, 6) is 0.386. The number of benzene rings is 2. The molecule has 4 aromatic rings. The molecule has 0 bridgehead atoms. The van der Waals surface area contributed by atoms with Crippen LogP contribution in [0.15, 0.2) is 72.0 Å². The lowest BCUT2D eigenvalue weighted by atomic mass is 10.1. The number of carbonyl (C=O) groups is 1. The number of alkyl halides is 3. The van der Waals surface area contributed by atoms with Crippen LogP contribution in [0.3, 0.4) is 0 Å². The van der Waals surface area contributed by atoms with Crippen molar-refractivity contribution in [3.8, 4) is 11.3 Å². The third-order valence-corrected chi connectivity index (χ3v) is 7.69. The van der Waals surface area contributed by atoms with E-state index in [9.17, 15) is 26.4 Å². The summed E-state index contributed by atoms with van der Waals surface area (Å²) in [7, 11) is -3.36. The second kappa shape index (κ2) is 10.2. The largest absolute Gasteiger partial charge is 0.416 e. The molecule has 1 fully saturated rings. The van der Waals surface area contributed by atoms with Crippen molar-refractivity contribution < 1.29 is 26.4 Å². The summed E-state index contributed by atoms with van der Waals surface area (Å²) < 4.78 is 64.7. The molecule has 0 atom stereocenters. The summed E-state index contributed by atoms with van der Waals surface area (Å²) in [5, 5.41) is 3.17. The number of nitrogens with zero attached hydrogens (tertiary/aromatic N) is 5. The molecule has 0 unspecified atom stereocenters. The minimum Gasteiger partial charge on any atom is -0.368 e. The fourth-order valence-electron chi connectivity index (χ4n) is 4.50. The van der Waals surface area contributed by atoms with Crippen molar-refractivity contribution in [3.05, 3.63) is 72.7 Å². The van der Waals surface area contributed by atoms with Gasteiger partial charge in [0.25, 0.3) is 0 Å². The molecule has 204 valence electrons. The number of hydrogen-bond acceptors (Lipinski definition) is 7. The van der Waals surface area contributed by atoms with Gasteiger partial charge in [-0.05, 0) is 30.3 Å². The van der Waals surface area contributed by atoms with Gasteiger partial charge in [0, 0.05) is 56.1 Å². The Labute approximate surface area is 222 Å². The van der Waals surface area contributed by atoms with Crippen molar-refractivity contribution in [1.82, 2.24) is 19.3 Å². The molecule has 1 amide bonds. The van der Waals surface area contributed by atoms with E-state index in [0.717, 1.165) is 18.4 Å². The van der Waals surface area contributed by atoms with E-state index >= 15 is 0 Å². The Morgan fingerprint density at radius 1 is 1.05 bits per heavy atom. The average Bonchev–Trinajstić information content (AvgIpc) is 3.29. The van der Waals surface area contributed by atoms with Crippen LogP contribution in [0.1, 0.15) is 5.56 Å². The Morgan fingerprint density at radius 3 is 2.44 bits per heavy atom. The molecule has 1 saturated heterocycles. The number of amides is 1. The number of piperazine rings is 1. The topological polar surface area (TPSA) is 99.9 Å². The van der Waals surface area contributed by atoms with E-state index in [2.05, 4.69) is 15.3 Å². The first-order valence-corrected chi connectivity index (χ1v) is 14.0. The highest BCUT2D eigenvalue weighted by atomic mass is 32.2. The maximum absolute atomic E-state index is 13.1. The Kier molecular flexibility index (Phi) is 6.93. The molecule has 39 heavy (non-hydrogen) atoms. The summed E-state index contributed by atoms with van der Waals surface area (Å²) in [6, 6.07) is 11.5. The Morgan fingerprint density at radius 2 is 1.77 bits per heavy atom. The fraction of sp³-hybridized carbons (Fsp3) is 0.269. The number of fused-ring (bicyclic) bond motifs is 1. The number of carbonyl (C=O) groups excluding carboxylic acids is 1. The third kappa shape index (κ3) is 5.67. The standard InChI is InChI=1S/C26H25F3N6O3S/c1-39(37,38)21-7-5-18(6-8-21)24-25(35-10-9-30-16-22(35)32-24)31-17-23(36)34-13-11-33(12-14-34)20-4-2-3-19(15-20)26(27,28)29/h2-10,15-16,31H,11-14,17H2,1H3. The van der Waals surface area contributed by atoms with E-state index in [0.29, 0.717) is 54.6 Å². The van der Waals surface area contributed by atoms with Crippen LogP contribution in [-0.4, -0.2) is 72.6 Å². The van der Waals surface area contributed by atoms with E-state index in [1.54, 1.807) is 46.1 Å². The van der Waals surface area contributed by atoms with Gasteiger partial charge in [0.1, 0.15) is 11.5 Å². The molecule has 13 heteroatoms. The van der Waals surface area contributed by atoms with Gasteiger partial charge in [-0.3, -0.25) is 14.2 Å². The summed E-state index contributed by atoms with van der Waals surface area (Å²) in [6.45, 7) is 1.52. The number of sulfone groups is 1.